The maximum Gasteiger partial charge on any atom is 0.272 e. The quantitative estimate of drug-likeness (QED) is 0.770. The Balaban J connectivity index is 2.14. The molecule has 0 atom stereocenters. The molecule has 1 aliphatic rings. The van der Waals surface area contributed by atoms with E-state index in [1.807, 2.05) is 0 Å². The van der Waals surface area contributed by atoms with Crippen LogP contribution in [0.2, 0.25) is 0 Å². The van der Waals surface area contributed by atoms with Gasteiger partial charge in [-0.15, -0.1) is 0 Å². The van der Waals surface area contributed by atoms with Gasteiger partial charge in [0.2, 0.25) is 0 Å². The third-order valence-corrected chi connectivity index (χ3v) is 4.56. The summed E-state index contributed by atoms with van der Waals surface area (Å²) in [6.07, 6.45) is 1.94. The summed E-state index contributed by atoms with van der Waals surface area (Å²) in [5.41, 5.74) is 6.32. The van der Waals surface area contributed by atoms with Gasteiger partial charge in [-0.05, 0) is 18.6 Å². The molecule has 1 amide bonds. The average Bonchev–Trinajstić information content (AvgIpc) is 2.49. The molecule has 0 unspecified atom stereocenters. The normalized spacial score (nSPS) is 19.2. The number of rotatable bonds is 1. The van der Waals surface area contributed by atoms with Crippen molar-refractivity contribution >= 4 is 21.4 Å². The molecular formula is C11H15N3O3S. The van der Waals surface area contributed by atoms with Gasteiger partial charge in [-0.1, -0.05) is 0 Å². The summed E-state index contributed by atoms with van der Waals surface area (Å²) in [6.45, 7) is 0.659. The fourth-order valence-corrected chi connectivity index (χ4v) is 3.14. The van der Waals surface area contributed by atoms with E-state index in [1.165, 1.54) is 17.2 Å². The predicted octanol–water partition coefficient (Wildman–Crippen LogP) is -0.0755. The van der Waals surface area contributed by atoms with E-state index in [0.29, 0.717) is 18.7 Å². The lowest BCUT2D eigenvalue weighted by atomic mass is 10.2. The SMILES string of the molecule is Nc1ccnc(C(=O)N2CCCS(=O)(=O)CC2)c1. The number of nitrogens with two attached hydrogens (primary N) is 1. The van der Waals surface area contributed by atoms with Crippen molar-refractivity contribution in [3.63, 3.8) is 0 Å². The van der Waals surface area contributed by atoms with Gasteiger partial charge in [0.15, 0.2) is 9.84 Å². The van der Waals surface area contributed by atoms with Gasteiger partial charge >= 0.3 is 0 Å². The number of carbonyl (C=O) groups excluding carboxylic acids is 1. The molecule has 0 radical (unpaired) electrons. The number of anilines is 1. The van der Waals surface area contributed by atoms with Crippen LogP contribution in [0.4, 0.5) is 5.69 Å². The smallest absolute Gasteiger partial charge is 0.272 e. The van der Waals surface area contributed by atoms with Gasteiger partial charge in [0.05, 0.1) is 11.5 Å². The summed E-state index contributed by atoms with van der Waals surface area (Å²) < 4.78 is 22.9. The highest BCUT2D eigenvalue weighted by Gasteiger charge is 2.23. The largest absolute Gasteiger partial charge is 0.399 e. The van der Waals surface area contributed by atoms with E-state index in [2.05, 4.69) is 4.98 Å². The van der Waals surface area contributed by atoms with Crippen LogP contribution in [0.1, 0.15) is 16.9 Å². The summed E-state index contributed by atoms with van der Waals surface area (Å²) in [5, 5.41) is 0. The van der Waals surface area contributed by atoms with E-state index in [-0.39, 0.29) is 29.7 Å². The summed E-state index contributed by atoms with van der Waals surface area (Å²) >= 11 is 0. The molecule has 6 nitrogen and oxygen atoms in total. The number of nitrogens with zero attached hydrogens (tertiary/aromatic N) is 2. The van der Waals surface area contributed by atoms with Gasteiger partial charge in [-0.3, -0.25) is 9.78 Å². The number of aromatic nitrogens is 1. The van der Waals surface area contributed by atoms with Crippen molar-refractivity contribution in [1.82, 2.24) is 9.88 Å². The summed E-state index contributed by atoms with van der Waals surface area (Å²) in [5.74, 6) is -0.109. The zero-order chi connectivity index (χ0) is 13.2. The molecule has 1 saturated heterocycles. The van der Waals surface area contributed by atoms with E-state index in [4.69, 9.17) is 5.73 Å². The minimum atomic E-state index is -3.01. The highest BCUT2D eigenvalue weighted by molar-refractivity contribution is 7.91. The zero-order valence-electron chi connectivity index (χ0n) is 9.87. The van der Waals surface area contributed by atoms with Gasteiger partial charge in [-0.2, -0.15) is 0 Å². The second kappa shape index (κ2) is 4.93. The first-order valence-corrected chi connectivity index (χ1v) is 7.51. The van der Waals surface area contributed by atoms with Gasteiger partial charge in [0.1, 0.15) is 5.69 Å². The molecule has 1 aromatic rings. The van der Waals surface area contributed by atoms with Crippen molar-refractivity contribution in [2.24, 2.45) is 0 Å². The maximum atomic E-state index is 12.1. The van der Waals surface area contributed by atoms with Crippen LogP contribution in [-0.4, -0.2) is 48.8 Å². The molecule has 0 spiro atoms. The fraction of sp³-hybridized carbons (Fsp3) is 0.455. The van der Waals surface area contributed by atoms with Gasteiger partial charge in [0, 0.05) is 25.0 Å². The molecule has 0 aliphatic carbocycles. The molecule has 18 heavy (non-hydrogen) atoms. The van der Waals surface area contributed by atoms with Crippen LogP contribution in [0.5, 0.6) is 0 Å². The Morgan fingerprint density at radius 2 is 2.11 bits per heavy atom. The molecule has 1 aromatic heterocycles. The number of hydrogen-bond donors (Lipinski definition) is 1. The second-order valence-electron chi connectivity index (χ2n) is 4.27. The van der Waals surface area contributed by atoms with Gasteiger partial charge in [-0.25, -0.2) is 8.42 Å². The molecule has 2 N–H and O–H groups in total. The van der Waals surface area contributed by atoms with Gasteiger partial charge in [0.25, 0.3) is 5.91 Å². The fourth-order valence-electron chi connectivity index (χ4n) is 1.87. The zero-order valence-corrected chi connectivity index (χ0v) is 10.7. The van der Waals surface area contributed by atoms with E-state index >= 15 is 0 Å². The molecule has 0 saturated carbocycles. The van der Waals surface area contributed by atoms with Crippen molar-refractivity contribution in [1.29, 1.82) is 0 Å². The number of nitrogen functional groups attached to an aromatic ring is 1. The molecule has 1 aliphatic heterocycles. The molecule has 2 heterocycles. The lowest BCUT2D eigenvalue weighted by Crippen LogP contribution is -2.34. The molecule has 0 aromatic carbocycles. The van der Waals surface area contributed by atoms with Crippen LogP contribution in [0.15, 0.2) is 18.3 Å². The lowest BCUT2D eigenvalue weighted by molar-refractivity contribution is 0.0762. The molecule has 7 heteroatoms. The first-order chi connectivity index (χ1) is 8.48. The highest BCUT2D eigenvalue weighted by atomic mass is 32.2. The van der Waals surface area contributed by atoms with Crippen molar-refractivity contribution in [3.8, 4) is 0 Å². The van der Waals surface area contributed by atoms with Crippen molar-refractivity contribution in [3.05, 3.63) is 24.0 Å². The Kier molecular flexibility index (Phi) is 3.51. The van der Waals surface area contributed by atoms with E-state index in [1.54, 1.807) is 6.07 Å². The van der Waals surface area contributed by atoms with Crippen molar-refractivity contribution in [2.45, 2.75) is 6.42 Å². The molecular weight excluding hydrogens is 254 g/mol. The van der Waals surface area contributed by atoms with Crippen molar-refractivity contribution in [2.75, 3.05) is 30.3 Å². The van der Waals surface area contributed by atoms with E-state index in [0.717, 1.165) is 0 Å². The van der Waals surface area contributed by atoms with Crippen molar-refractivity contribution < 1.29 is 13.2 Å². The minimum Gasteiger partial charge on any atom is -0.399 e. The van der Waals surface area contributed by atoms with Crippen LogP contribution >= 0.6 is 0 Å². The molecule has 98 valence electrons. The van der Waals surface area contributed by atoms with Crippen LogP contribution in [0.25, 0.3) is 0 Å². The van der Waals surface area contributed by atoms with Gasteiger partial charge < -0.3 is 10.6 Å². The topological polar surface area (TPSA) is 93.4 Å². The number of hydrogen-bond acceptors (Lipinski definition) is 5. The summed E-state index contributed by atoms with van der Waals surface area (Å²) in [6, 6.07) is 3.10. The van der Waals surface area contributed by atoms with Crippen LogP contribution in [-0.2, 0) is 9.84 Å². The van der Waals surface area contributed by atoms with E-state index < -0.39 is 9.84 Å². The van der Waals surface area contributed by atoms with E-state index in [9.17, 15) is 13.2 Å². The van der Waals surface area contributed by atoms with Crippen LogP contribution in [0, 0.1) is 0 Å². The Hall–Kier alpha value is -1.63. The number of amides is 1. The lowest BCUT2D eigenvalue weighted by Gasteiger charge is -2.19. The third-order valence-electron chi connectivity index (χ3n) is 2.85. The summed E-state index contributed by atoms with van der Waals surface area (Å²) in [7, 11) is -3.01. The first-order valence-electron chi connectivity index (χ1n) is 5.69. The summed E-state index contributed by atoms with van der Waals surface area (Å²) in [4.78, 5) is 17.6. The number of sulfone groups is 1. The number of carbonyl (C=O) groups is 1. The van der Waals surface area contributed by atoms with Crippen LogP contribution in [0.3, 0.4) is 0 Å². The number of pyridine rings is 1. The maximum absolute atomic E-state index is 12.1. The minimum absolute atomic E-state index is 0.0149. The second-order valence-corrected chi connectivity index (χ2v) is 6.58. The molecule has 1 fully saturated rings. The average molecular weight is 269 g/mol. The third kappa shape index (κ3) is 2.98. The Morgan fingerprint density at radius 1 is 1.33 bits per heavy atom. The molecule has 2 rings (SSSR count). The predicted molar refractivity (Wildman–Crippen MR) is 67.8 cm³/mol. The monoisotopic (exact) mass is 269 g/mol. The molecule has 0 bridgehead atoms. The Morgan fingerprint density at radius 3 is 2.83 bits per heavy atom. The van der Waals surface area contributed by atoms with Crippen LogP contribution < -0.4 is 5.73 Å². The first kappa shape index (κ1) is 12.8. The Bertz CT molecular complexity index is 556. The highest BCUT2D eigenvalue weighted by Crippen LogP contribution is 2.10. The standard InChI is InChI=1S/C11H15N3O3S/c12-9-2-3-13-10(8-9)11(15)14-4-1-6-18(16,17)7-5-14/h2-3,8H,1,4-7H2,(H2,12,13). The Labute approximate surface area is 106 Å².